The Kier molecular flexibility index (Phi) is 5.10. The van der Waals surface area contributed by atoms with Crippen molar-refractivity contribution in [2.75, 3.05) is 6.61 Å². The zero-order valence-corrected chi connectivity index (χ0v) is 15.5. The highest BCUT2D eigenvalue weighted by atomic mass is 19.4. The monoisotopic (exact) mass is 391 g/mol. The van der Waals surface area contributed by atoms with Crippen molar-refractivity contribution < 1.29 is 23.0 Å². The third-order valence-corrected chi connectivity index (χ3v) is 5.92. The number of alkyl halides is 3. The number of ether oxygens (including phenoxy) is 1. The topological polar surface area (TPSA) is 32.7 Å². The van der Waals surface area contributed by atoms with E-state index in [1.54, 1.807) is 12.1 Å². The van der Waals surface area contributed by atoms with Gasteiger partial charge in [0, 0.05) is 18.6 Å². The smallest absolute Gasteiger partial charge is 0.422 e. The number of nitrogens with zero attached hydrogens (tertiary/aromatic N) is 1. The van der Waals surface area contributed by atoms with Crippen molar-refractivity contribution in [2.24, 2.45) is 0 Å². The van der Waals surface area contributed by atoms with Gasteiger partial charge in [-0.2, -0.15) is 13.2 Å². The summed E-state index contributed by atoms with van der Waals surface area (Å²) in [6, 6.07) is 17.4. The largest absolute Gasteiger partial charge is 0.484 e. The highest BCUT2D eigenvalue weighted by Gasteiger charge is 2.48. The van der Waals surface area contributed by atoms with Crippen molar-refractivity contribution in [2.45, 2.75) is 56.1 Å². The fraction of sp³-hybridized carbons (Fsp3) is 0.455. The van der Waals surface area contributed by atoms with Crippen LogP contribution in [0.2, 0.25) is 0 Å². The highest BCUT2D eigenvalue weighted by molar-refractivity contribution is 5.32. The van der Waals surface area contributed by atoms with Gasteiger partial charge in [0.25, 0.3) is 0 Å². The molecule has 2 heterocycles. The molecule has 1 N–H and O–H groups in total. The number of fused-ring (bicyclic) bond motifs is 2. The van der Waals surface area contributed by atoms with Gasteiger partial charge in [-0.25, -0.2) is 0 Å². The molecule has 2 fully saturated rings. The first-order valence-corrected chi connectivity index (χ1v) is 9.65. The standard InChI is InChI=1S/C22H24F3NO2/c23-22(24,25)15-28-20-10-6-17(7-11-20)21(27)12-18-8-9-19(13-21)26(18)14-16-4-2-1-3-5-16/h1-7,10-11,18-19,27H,8-9,12-15H2. The summed E-state index contributed by atoms with van der Waals surface area (Å²) in [6.45, 7) is -0.425. The first-order chi connectivity index (χ1) is 13.3. The van der Waals surface area contributed by atoms with Crippen molar-refractivity contribution in [3.63, 3.8) is 0 Å². The van der Waals surface area contributed by atoms with E-state index >= 15 is 0 Å². The van der Waals surface area contributed by atoms with E-state index in [2.05, 4.69) is 17.0 Å². The number of rotatable bonds is 5. The van der Waals surface area contributed by atoms with Crippen molar-refractivity contribution in [1.82, 2.24) is 4.90 Å². The van der Waals surface area contributed by atoms with Crippen LogP contribution in [0, 0.1) is 0 Å². The summed E-state index contributed by atoms with van der Waals surface area (Å²) in [6.07, 6.45) is -0.959. The van der Waals surface area contributed by atoms with Crippen LogP contribution in [0.15, 0.2) is 54.6 Å². The van der Waals surface area contributed by atoms with Gasteiger partial charge in [0.15, 0.2) is 6.61 Å². The number of hydrogen-bond acceptors (Lipinski definition) is 3. The first kappa shape index (κ1) is 19.3. The molecular formula is C22H24F3NO2. The molecule has 2 saturated heterocycles. The lowest BCUT2D eigenvalue weighted by atomic mass is 9.80. The summed E-state index contributed by atoms with van der Waals surface area (Å²) >= 11 is 0. The molecule has 0 aromatic heterocycles. The molecule has 2 aliphatic heterocycles. The Hall–Kier alpha value is -2.05. The molecule has 0 spiro atoms. The zero-order valence-electron chi connectivity index (χ0n) is 15.5. The highest BCUT2D eigenvalue weighted by Crippen LogP contribution is 2.46. The lowest BCUT2D eigenvalue weighted by molar-refractivity contribution is -0.153. The van der Waals surface area contributed by atoms with Gasteiger partial charge < -0.3 is 9.84 Å². The van der Waals surface area contributed by atoms with Gasteiger partial charge in [-0.15, -0.1) is 0 Å². The Morgan fingerprint density at radius 3 is 2.14 bits per heavy atom. The maximum absolute atomic E-state index is 12.3. The molecule has 2 aromatic rings. The molecule has 2 aliphatic rings. The van der Waals surface area contributed by atoms with E-state index in [9.17, 15) is 18.3 Å². The maximum atomic E-state index is 12.3. The second kappa shape index (κ2) is 7.41. The molecule has 150 valence electrons. The summed E-state index contributed by atoms with van der Waals surface area (Å²) in [5, 5.41) is 11.3. The molecule has 4 rings (SSSR count). The lowest BCUT2D eigenvalue weighted by Gasteiger charge is -2.44. The number of piperidine rings is 1. The Bertz CT molecular complexity index is 778. The van der Waals surface area contributed by atoms with Crippen LogP contribution in [-0.2, 0) is 12.1 Å². The Labute approximate surface area is 162 Å². The minimum Gasteiger partial charge on any atom is -0.484 e. The van der Waals surface area contributed by atoms with Crippen LogP contribution in [0.25, 0.3) is 0 Å². The predicted molar refractivity (Wildman–Crippen MR) is 99.9 cm³/mol. The summed E-state index contributed by atoms with van der Waals surface area (Å²) in [7, 11) is 0. The van der Waals surface area contributed by atoms with Crippen LogP contribution >= 0.6 is 0 Å². The fourth-order valence-electron chi connectivity index (χ4n) is 4.63. The second-order valence-electron chi connectivity index (χ2n) is 7.91. The van der Waals surface area contributed by atoms with E-state index in [0.29, 0.717) is 24.9 Å². The van der Waals surface area contributed by atoms with Gasteiger partial charge >= 0.3 is 6.18 Å². The number of aliphatic hydroxyl groups is 1. The van der Waals surface area contributed by atoms with E-state index in [1.807, 2.05) is 18.2 Å². The van der Waals surface area contributed by atoms with Crippen molar-refractivity contribution in [3.05, 3.63) is 65.7 Å². The van der Waals surface area contributed by atoms with E-state index in [0.717, 1.165) is 24.9 Å². The van der Waals surface area contributed by atoms with Crippen LogP contribution in [0.5, 0.6) is 5.75 Å². The second-order valence-corrected chi connectivity index (χ2v) is 7.91. The van der Waals surface area contributed by atoms with Gasteiger partial charge in [-0.05, 0) is 48.9 Å². The summed E-state index contributed by atoms with van der Waals surface area (Å²) in [4.78, 5) is 2.49. The van der Waals surface area contributed by atoms with Gasteiger partial charge in [0.1, 0.15) is 5.75 Å². The van der Waals surface area contributed by atoms with Gasteiger partial charge in [0.05, 0.1) is 5.60 Å². The maximum Gasteiger partial charge on any atom is 0.422 e. The Morgan fingerprint density at radius 2 is 1.57 bits per heavy atom. The summed E-state index contributed by atoms with van der Waals surface area (Å²) in [5.41, 5.74) is 1.08. The Balaban J connectivity index is 1.44. The third kappa shape index (κ3) is 4.18. The molecule has 0 aliphatic carbocycles. The molecule has 2 atom stereocenters. The van der Waals surface area contributed by atoms with Crippen LogP contribution in [-0.4, -0.2) is 34.9 Å². The number of hydrogen-bond donors (Lipinski definition) is 1. The zero-order chi connectivity index (χ0) is 19.8. The summed E-state index contributed by atoms with van der Waals surface area (Å²) in [5.74, 6) is 0.161. The molecule has 6 heteroatoms. The minimum absolute atomic E-state index is 0.161. The molecule has 0 amide bonds. The molecule has 28 heavy (non-hydrogen) atoms. The van der Waals surface area contributed by atoms with Crippen molar-refractivity contribution in [1.29, 1.82) is 0 Å². The first-order valence-electron chi connectivity index (χ1n) is 9.65. The van der Waals surface area contributed by atoms with E-state index in [4.69, 9.17) is 4.74 Å². The molecular weight excluding hydrogens is 367 g/mol. The molecule has 2 unspecified atom stereocenters. The number of halogens is 3. The summed E-state index contributed by atoms with van der Waals surface area (Å²) < 4.78 is 41.6. The van der Waals surface area contributed by atoms with Crippen molar-refractivity contribution >= 4 is 0 Å². The quantitative estimate of drug-likeness (QED) is 0.806. The SMILES string of the molecule is OC1(c2ccc(OCC(F)(F)F)cc2)CC2CCC(C1)N2Cc1ccccc1. The van der Waals surface area contributed by atoms with Gasteiger partial charge in [-0.3, -0.25) is 4.90 Å². The molecule has 2 bridgehead atoms. The normalized spacial score (nSPS) is 27.7. The molecule has 0 radical (unpaired) electrons. The van der Waals surface area contributed by atoms with Gasteiger partial charge in [0.2, 0.25) is 0 Å². The van der Waals surface area contributed by atoms with Crippen LogP contribution in [0.1, 0.15) is 36.8 Å². The minimum atomic E-state index is -4.36. The van der Waals surface area contributed by atoms with Crippen LogP contribution < -0.4 is 4.74 Å². The molecule has 2 aromatic carbocycles. The van der Waals surface area contributed by atoms with E-state index < -0.39 is 18.4 Å². The average molecular weight is 391 g/mol. The van der Waals surface area contributed by atoms with E-state index in [-0.39, 0.29) is 5.75 Å². The lowest BCUT2D eigenvalue weighted by Crippen LogP contribution is -2.49. The molecule has 3 nitrogen and oxygen atoms in total. The van der Waals surface area contributed by atoms with Crippen LogP contribution in [0.4, 0.5) is 13.2 Å². The van der Waals surface area contributed by atoms with E-state index in [1.165, 1.54) is 17.7 Å². The third-order valence-electron chi connectivity index (χ3n) is 5.92. The van der Waals surface area contributed by atoms with Crippen LogP contribution in [0.3, 0.4) is 0 Å². The number of benzene rings is 2. The molecule has 0 saturated carbocycles. The van der Waals surface area contributed by atoms with Gasteiger partial charge in [-0.1, -0.05) is 42.5 Å². The average Bonchev–Trinajstić information content (AvgIpc) is 2.91. The fourth-order valence-corrected chi connectivity index (χ4v) is 4.63. The Morgan fingerprint density at radius 1 is 0.964 bits per heavy atom. The van der Waals surface area contributed by atoms with Crippen molar-refractivity contribution in [3.8, 4) is 5.75 Å². The predicted octanol–water partition coefficient (Wildman–Crippen LogP) is 4.64.